The third kappa shape index (κ3) is 2.99. The van der Waals surface area contributed by atoms with Gasteiger partial charge in [0.1, 0.15) is 11.7 Å². The van der Waals surface area contributed by atoms with Crippen LogP contribution in [0.3, 0.4) is 0 Å². The van der Waals surface area contributed by atoms with E-state index in [2.05, 4.69) is 22.4 Å². The van der Waals surface area contributed by atoms with E-state index in [4.69, 9.17) is 5.26 Å². The highest BCUT2D eigenvalue weighted by Crippen LogP contribution is 2.33. The average molecular weight is 293 g/mol. The second-order valence-electron chi connectivity index (χ2n) is 5.33. The van der Waals surface area contributed by atoms with Crippen molar-refractivity contribution in [2.24, 2.45) is 4.99 Å². The van der Waals surface area contributed by atoms with E-state index in [9.17, 15) is 4.39 Å². The van der Waals surface area contributed by atoms with Crippen LogP contribution in [0.15, 0.2) is 53.5 Å². The van der Waals surface area contributed by atoms with Crippen LogP contribution in [0.25, 0.3) is 0 Å². The first-order valence-corrected chi connectivity index (χ1v) is 7.31. The van der Waals surface area contributed by atoms with Crippen LogP contribution < -0.4 is 5.32 Å². The number of aliphatic imine (C=N–C) groups is 1. The van der Waals surface area contributed by atoms with Crippen LogP contribution in [-0.4, -0.2) is 5.84 Å². The number of rotatable bonds is 3. The summed E-state index contributed by atoms with van der Waals surface area (Å²) < 4.78 is 13.8. The Morgan fingerprint density at radius 3 is 2.82 bits per heavy atom. The Morgan fingerprint density at radius 1 is 1.23 bits per heavy atom. The van der Waals surface area contributed by atoms with E-state index < -0.39 is 0 Å². The highest BCUT2D eigenvalue weighted by Gasteiger charge is 2.22. The molecule has 0 radical (unpaired) electrons. The van der Waals surface area contributed by atoms with Crippen LogP contribution in [0.2, 0.25) is 0 Å². The van der Waals surface area contributed by atoms with Gasteiger partial charge in [0.2, 0.25) is 0 Å². The van der Waals surface area contributed by atoms with E-state index in [0.29, 0.717) is 17.8 Å². The zero-order valence-electron chi connectivity index (χ0n) is 12.1. The molecule has 1 aliphatic carbocycles. The number of halogens is 1. The molecule has 0 amide bonds. The summed E-state index contributed by atoms with van der Waals surface area (Å²) in [6.45, 7) is 0. The first-order chi connectivity index (χ1) is 10.8. The van der Waals surface area contributed by atoms with Crippen LogP contribution >= 0.6 is 0 Å². The summed E-state index contributed by atoms with van der Waals surface area (Å²) in [5.74, 6) is 0.232. The van der Waals surface area contributed by atoms with Crippen molar-refractivity contribution in [3.63, 3.8) is 0 Å². The number of aryl methyl sites for hydroxylation is 1. The molecule has 1 aliphatic rings. The van der Waals surface area contributed by atoms with Crippen molar-refractivity contribution in [1.82, 2.24) is 5.32 Å². The van der Waals surface area contributed by atoms with E-state index in [0.717, 1.165) is 12.8 Å². The first kappa shape index (κ1) is 14.3. The van der Waals surface area contributed by atoms with Crippen molar-refractivity contribution < 1.29 is 4.39 Å². The summed E-state index contributed by atoms with van der Waals surface area (Å²) in [7, 11) is 0. The molecule has 0 aromatic heterocycles. The summed E-state index contributed by atoms with van der Waals surface area (Å²) in [5, 5.41) is 11.5. The molecule has 110 valence electrons. The largest absolute Gasteiger partial charge is 0.280 e. The summed E-state index contributed by atoms with van der Waals surface area (Å²) in [4.78, 5) is 4.66. The first-order valence-electron chi connectivity index (χ1n) is 7.31. The third-order valence-corrected chi connectivity index (χ3v) is 3.93. The molecule has 0 aliphatic heterocycles. The lowest BCUT2D eigenvalue weighted by Crippen LogP contribution is -2.22. The van der Waals surface area contributed by atoms with Gasteiger partial charge in [0.25, 0.3) is 0 Å². The van der Waals surface area contributed by atoms with Gasteiger partial charge in [0, 0.05) is 6.42 Å². The minimum absolute atomic E-state index is 0.0406. The zero-order chi connectivity index (χ0) is 15.4. The van der Waals surface area contributed by atoms with Gasteiger partial charge in [-0.25, -0.2) is 4.39 Å². The molecule has 0 fully saturated rings. The summed E-state index contributed by atoms with van der Waals surface area (Å²) in [6.07, 6.45) is 4.11. The number of amidine groups is 1. The van der Waals surface area contributed by atoms with Crippen molar-refractivity contribution in [3.8, 4) is 6.19 Å². The molecule has 22 heavy (non-hydrogen) atoms. The van der Waals surface area contributed by atoms with Gasteiger partial charge in [-0.05, 0) is 35.6 Å². The quantitative estimate of drug-likeness (QED) is 0.407. The molecule has 3 rings (SSSR count). The number of hydrogen-bond donors (Lipinski definition) is 1. The third-order valence-electron chi connectivity index (χ3n) is 3.93. The Labute approximate surface area is 129 Å². The average Bonchev–Trinajstić information content (AvgIpc) is 2.93. The Bertz CT molecular complexity index is 746. The standard InChI is InChI=1S/C18H16FN3/c19-16-8-4-2-6-14(16)11-18(21-12-20)22-17-10-9-13-5-1-3-7-15(13)17/h1-8,17H,9-11H2,(H,21,22)/t17-/m1/s1. The smallest absolute Gasteiger partial charge is 0.182 e. The Balaban J connectivity index is 1.86. The van der Waals surface area contributed by atoms with E-state index >= 15 is 0 Å². The molecule has 1 atom stereocenters. The molecule has 2 aromatic rings. The van der Waals surface area contributed by atoms with Gasteiger partial charge in [-0.2, -0.15) is 5.26 Å². The monoisotopic (exact) mass is 293 g/mol. The predicted molar refractivity (Wildman–Crippen MR) is 83.8 cm³/mol. The van der Waals surface area contributed by atoms with Gasteiger partial charge < -0.3 is 0 Å². The van der Waals surface area contributed by atoms with Crippen molar-refractivity contribution in [2.75, 3.05) is 0 Å². The SMILES string of the molecule is N#CNC(Cc1ccccc1F)=N[C@@H]1CCc2ccccc21. The van der Waals surface area contributed by atoms with Gasteiger partial charge in [0.15, 0.2) is 6.19 Å². The lowest BCUT2D eigenvalue weighted by Gasteiger charge is -2.11. The molecule has 1 N–H and O–H groups in total. The molecule has 2 aromatic carbocycles. The molecular formula is C18H16FN3. The topological polar surface area (TPSA) is 48.2 Å². The molecule has 0 saturated heterocycles. The highest BCUT2D eigenvalue weighted by molar-refractivity contribution is 5.86. The maximum absolute atomic E-state index is 13.8. The van der Waals surface area contributed by atoms with E-state index in [1.807, 2.05) is 18.3 Å². The van der Waals surface area contributed by atoms with Gasteiger partial charge in [0.05, 0.1) is 6.04 Å². The number of benzene rings is 2. The summed E-state index contributed by atoms with van der Waals surface area (Å²) in [6, 6.07) is 14.8. The predicted octanol–water partition coefficient (Wildman–Crippen LogP) is 3.52. The molecule has 0 saturated carbocycles. The van der Waals surface area contributed by atoms with Gasteiger partial charge in [-0.3, -0.25) is 10.3 Å². The molecule has 0 bridgehead atoms. The fourth-order valence-electron chi connectivity index (χ4n) is 2.87. The van der Waals surface area contributed by atoms with Crippen molar-refractivity contribution >= 4 is 5.84 Å². The van der Waals surface area contributed by atoms with E-state index in [1.165, 1.54) is 17.2 Å². The van der Waals surface area contributed by atoms with Crippen molar-refractivity contribution in [2.45, 2.75) is 25.3 Å². The summed E-state index contributed by atoms with van der Waals surface area (Å²) in [5.41, 5.74) is 3.04. The molecule has 0 unspecified atom stereocenters. The lowest BCUT2D eigenvalue weighted by molar-refractivity contribution is 0.615. The van der Waals surface area contributed by atoms with Crippen LogP contribution in [0, 0.1) is 17.3 Å². The van der Waals surface area contributed by atoms with Crippen LogP contribution in [0.5, 0.6) is 0 Å². The van der Waals surface area contributed by atoms with Gasteiger partial charge in [-0.1, -0.05) is 42.5 Å². The number of fused-ring (bicyclic) bond motifs is 1. The molecule has 4 heteroatoms. The second-order valence-corrected chi connectivity index (χ2v) is 5.33. The summed E-state index contributed by atoms with van der Waals surface area (Å²) >= 11 is 0. The van der Waals surface area contributed by atoms with Crippen LogP contribution in [0.1, 0.15) is 29.2 Å². The molecule has 3 nitrogen and oxygen atoms in total. The number of nitrogens with zero attached hydrogens (tertiary/aromatic N) is 2. The lowest BCUT2D eigenvalue weighted by atomic mass is 10.1. The Morgan fingerprint density at radius 2 is 2.00 bits per heavy atom. The van der Waals surface area contributed by atoms with Crippen LogP contribution in [-0.2, 0) is 12.8 Å². The fourth-order valence-corrected chi connectivity index (χ4v) is 2.87. The minimum Gasteiger partial charge on any atom is -0.280 e. The normalized spacial score (nSPS) is 16.9. The highest BCUT2D eigenvalue weighted by atomic mass is 19.1. The fraction of sp³-hybridized carbons (Fsp3) is 0.222. The maximum atomic E-state index is 13.8. The zero-order valence-corrected chi connectivity index (χ0v) is 12.1. The van der Waals surface area contributed by atoms with E-state index in [1.54, 1.807) is 18.2 Å². The number of nitrogens with one attached hydrogen (secondary N) is 1. The van der Waals surface area contributed by atoms with Gasteiger partial charge in [-0.15, -0.1) is 0 Å². The van der Waals surface area contributed by atoms with E-state index in [-0.39, 0.29) is 11.9 Å². The van der Waals surface area contributed by atoms with Gasteiger partial charge >= 0.3 is 0 Å². The number of nitriles is 1. The Kier molecular flexibility index (Phi) is 4.15. The van der Waals surface area contributed by atoms with Crippen LogP contribution in [0.4, 0.5) is 4.39 Å². The Hall–Kier alpha value is -2.67. The second kappa shape index (κ2) is 6.40. The molecule has 0 spiro atoms. The maximum Gasteiger partial charge on any atom is 0.182 e. The molecule has 0 heterocycles. The van der Waals surface area contributed by atoms with Crippen molar-refractivity contribution in [3.05, 3.63) is 71.0 Å². The number of hydrogen-bond acceptors (Lipinski definition) is 2. The minimum atomic E-state index is -0.276. The molecular weight excluding hydrogens is 277 g/mol. The van der Waals surface area contributed by atoms with Crippen molar-refractivity contribution in [1.29, 1.82) is 5.26 Å².